The second-order valence-corrected chi connectivity index (χ2v) is 6.94. The molecule has 0 radical (unpaired) electrons. The van der Waals surface area contributed by atoms with Crippen LogP contribution in [-0.2, 0) is 4.79 Å². The van der Waals surface area contributed by atoms with Gasteiger partial charge in [0.25, 0.3) is 0 Å². The maximum atomic E-state index is 12.4. The molecule has 136 valence electrons. The first-order valence-electron chi connectivity index (χ1n) is 8.88. The first-order chi connectivity index (χ1) is 11.4. The summed E-state index contributed by atoms with van der Waals surface area (Å²) in [7, 11) is 0. The molecule has 24 heavy (non-hydrogen) atoms. The first kappa shape index (κ1) is 18.9. The molecule has 1 amide bonds. The van der Waals surface area contributed by atoms with Gasteiger partial charge in [-0.05, 0) is 27.2 Å². The van der Waals surface area contributed by atoms with Gasteiger partial charge in [-0.1, -0.05) is 6.92 Å². The van der Waals surface area contributed by atoms with Crippen LogP contribution in [0.4, 0.5) is 5.82 Å². The fraction of sp³-hybridized carbons (Fsp3) is 0.765. The number of aliphatic hydroxyl groups excluding tert-OH is 1. The van der Waals surface area contributed by atoms with Gasteiger partial charge >= 0.3 is 0 Å². The zero-order valence-electron chi connectivity index (χ0n) is 15.3. The van der Waals surface area contributed by atoms with E-state index in [1.807, 2.05) is 31.5 Å². The highest BCUT2D eigenvalue weighted by molar-refractivity contribution is 5.91. The summed E-state index contributed by atoms with van der Waals surface area (Å²) in [6.45, 7) is 11.7. The third-order valence-electron chi connectivity index (χ3n) is 4.45. The molecule has 2 atom stereocenters. The number of β-amino-alcohol motifs (C(OH)–C–C–N with tert-alkyl or cyclic N) is 1. The molecule has 0 aromatic carbocycles. The fourth-order valence-corrected chi connectivity index (χ4v) is 3.28. The number of rotatable bonds is 7. The van der Waals surface area contributed by atoms with Crippen molar-refractivity contribution in [2.75, 3.05) is 38.0 Å². The van der Waals surface area contributed by atoms with E-state index in [-0.39, 0.29) is 18.1 Å². The van der Waals surface area contributed by atoms with Gasteiger partial charge in [-0.3, -0.25) is 14.6 Å². The maximum Gasteiger partial charge on any atom is 0.239 e. The van der Waals surface area contributed by atoms with Gasteiger partial charge in [0.05, 0.1) is 18.8 Å². The van der Waals surface area contributed by atoms with Crippen molar-refractivity contribution in [1.82, 2.24) is 19.6 Å². The highest BCUT2D eigenvalue weighted by Crippen LogP contribution is 2.15. The monoisotopic (exact) mass is 337 g/mol. The molecule has 1 aliphatic rings. The Kier molecular flexibility index (Phi) is 6.77. The van der Waals surface area contributed by atoms with Crippen molar-refractivity contribution in [3.8, 4) is 0 Å². The number of aromatic nitrogens is 2. The van der Waals surface area contributed by atoms with E-state index >= 15 is 0 Å². The predicted molar refractivity (Wildman–Crippen MR) is 95.0 cm³/mol. The molecule has 7 heteroatoms. The maximum absolute atomic E-state index is 12.4. The molecular formula is C17H31N5O2. The van der Waals surface area contributed by atoms with Crippen molar-refractivity contribution in [3.63, 3.8) is 0 Å². The van der Waals surface area contributed by atoms with Crippen LogP contribution in [-0.4, -0.2) is 75.5 Å². The fourth-order valence-electron chi connectivity index (χ4n) is 3.28. The van der Waals surface area contributed by atoms with Gasteiger partial charge in [0.2, 0.25) is 5.91 Å². The van der Waals surface area contributed by atoms with Crippen LogP contribution in [0.3, 0.4) is 0 Å². The van der Waals surface area contributed by atoms with E-state index in [1.165, 1.54) is 0 Å². The van der Waals surface area contributed by atoms with Crippen LogP contribution in [0, 0.1) is 0 Å². The van der Waals surface area contributed by atoms with Crippen LogP contribution in [0.25, 0.3) is 0 Å². The van der Waals surface area contributed by atoms with Crippen LogP contribution >= 0.6 is 0 Å². The van der Waals surface area contributed by atoms with E-state index in [0.717, 1.165) is 31.9 Å². The summed E-state index contributed by atoms with van der Waals surface area (Å²) < 4.78 is 1.81. The second kappa shape index (κ2) is 8.60. The summed E-state index contributed by atoms with van der Waals surface area (Å²) in [5.41, 5.74) is 0. The molecule has 1 aliphatic heterocycles. The molecule has 1 fully saturated rings. The Morgan fingerprint density at radius 2 is 2.17 bits per heavy atom. The number of hydrogen-bond donors (Lipinski definition) is 2. The van der Waals surface area contributed by atoms with E-state index in [0.29, 0.717) is 19.1 Å². The summed E-state index contributed by atoms with van der Waals surface area (Å²) in [6.07, 6.45) is 2.41. The third kappa shape index (κ3) is 5.03. The summed E-state index contributed by atoms with van der Waals surface area (Å²) in [6, 6.07) is 2.43. The van der Waals surface area contributed by atoms with Gasteiger partial charge in [0, 0.05) is 44.3 Å². The lowest BCUT2D eigenvalue weighted by Gasteiger charge is -2.41. The van der Waals surface area contributed by atoms with Gasteiger partial charge in [-0.2, -0.15) is 5.10 Å². The molecule has 1 aromatic rings. The van der Waals surface area contributed by atoms with E-state index in [1.54, 1.807) is 6.20 Å². The number of hydrogen-bond acceptors (Lipinski definition) is 5. The van der Waals surface area contributed by atoms with Gasteiger partial charge < -0.3 is 10.4 Å². The highest BCUT2D eigenvalue weighted by Gasteiger charge is 2.27. The van der Waals surface area contributed by atoms with Gasteiger partial charge in [-0.15, -0.1) is 0 Å². The van der Waals surface area contributed by atoms with E-state index in [2.05, 4.69) is 27.1 Å². The van der Waals surface area contributed by atoms with Crippen LogP contribution in [0.5, 0.6) is 0 Å². The lowest BCUT2D eigenvalue weighted by Crippen LogP contribution is -2.55. The number of aliphatic hydroxyl groups is 1. The third-order valence-corrected chi connectivity index (χ3v) is 4.45. The van der Waals surface area contributed by atoms with Crippen LogP contribution < -0.4 is 5.32 Å². The van der Waals surface area contributed by atoms with E-state index < -0.39 is 0 Å². The SMILES string of the molecule is CC[C@H]1CN(CC(=O)Nc2ccnn2C(C)C)CCN1C[C@@H](C)O. The lowest BCUT2D eigenvalue weighted by atomic mass is 10.1. The Morgan fingerprint density at radius 3 is 2.79 bits per heavy atom. The number of nitrogens with zero attached hydrogens (tertiary/aromatic N) is 4. The smallest absolute Gasteiger partial charge is 0.239 e. The van der Waals surface area contributed by atoms with Crippen molar-refractivity contribution >= 4 is 11.7 Å². The minimum atomic E-state index is -0.315. The molecule has 0 unspecified atom stereocenters. The van der Waals surface area contributed by atoms with E-state index in [4.69, 9.17) is 0 Å². The lowest BCUT2D eigenvalue weighted by molar-refractivity contribution is -0.118. The number of nitrogens with one attached hydrogen (secondary N) is 1. The minimum Gasteiger partial charge on any atom is -0.392 e. The molecule has 0 saturated carbocycles. The molecule has 1 aromatic heterocycles. The summed E-state index contributed by atoms with van der Waals surface area (Å²) in [5.74, 6) is 0.742. The normalized spacial score (nSPS) is 21.2. The minimum absolute atomic E-state index is 0.00349. The number of carbonyl (C=O) groups excluding carboxylic acids is 1. The van der Waals surface area contributed by atoms with E-state index in [9.17, 15) is 9.90 Å². The van der Waals surface area contributed by atoms with Crippen molar-refractivity contribution in [3.05, 3.63) is 12.3 Å². The molecule has 1 saturated heterocycles. The average molecular weight is 337 g/mol. The van der Waals surface area contributed by atoms with Crippen molar-refractivity contribution in [2.45, 2.75) is 52.3 Å². The Bertz CT molecular complexity index is 529. The summed E-state index contributed by atoms with van der Waals surface area (Å²) in [5, 5.41) is 16.8. The molecule has 2 N–H and O–H groups in total. The van der Waals surface area contributed by atoms with Crippen LogP contribution in [0.15, 0.2) is 12.3 Å². The number of piperazine rings is 1. The average Bonchev–Trinajstić information content (AvgIpc) is 2.96. The number of carbonyl (C=O) groups is 1. The standard InChI is InChI=1S/C17H31N5O2/c1-5-15-11-20(8-9-21(15)10-14(4)23)12-17(24)19-16-6-7-18-22(16)13(2)3/h6-7,13-15,23H,5,8-12H2,1-4H3,(H,19,24)/t14-,15+/m1/s1. The molecule has 0 spiro atoms. The quantitative estimate of drug-likeness (QED) is 0.782. The molecule has 0 bridgehead atoms. The van der Waals surface area contributed by atoms with Crippen LogP contribution in [0.1, 0.15) is 40.2 Å². The first-order valence-corrected chi connectivity index (χ1v) is 8.88. The second-order valence-electron chi connectivity index (χ2n) is 6.94. The number of amides is 1. The Labute approximate surface area is 144 Å². The number of anilines is 1. The van der Waals surface area contributed by atoms with Gasteiger partial charge in [-0.25, -0.2) is 4.68 Å². The highest BCUT2D eigenvalue weighted by atomic mass is 16.3. The van der Waals surface area contributed by atoms with Crippen molar-refractivity contribution < 1.29 is 9.90 Å². The zero-order chi connectivity index (χ0) is 17.7. The summed E-state index contributed by atoms with van der Waals surface area (Å²) >= 11 is 0. The molecule has 2 heterocycles. The van der Waals surface area contributed by atoms with Crippen molar-refractivity contribution in [2.24, 2.45) is 0 Å². The van der Waals surface area contributed by atoms with Crippen LogP contribution in [0.2, 0.25) is 0 Å². The zero-order valence-corrected chi connectivity index (χ0v) is 15.3. The molecular weight excluding hydrogens is 306 g/mol. The molecule has 0 aliphatic carbocycles. The predicted octanol–water partition coefficient (Wildman–Crippen LogP) is 1.18. The Hall–Kier alpha value is -1.44. The molecule has 2 rings (SSSR count). The largest absolute Gasteiger partial charge is 0.392 e. The van der Waals surface area contributed by atoms with Gasteiger partial charge in [0.15, 0.2) is 0 Å². The Morgan fingerprint density at radius 1 is 1.42 bits per heavy atom. The molecule has 7 nitrogen and oxygen atoms in total. The van der Waals surface area contributed by atoms with Crippen molar-refractivity contribution in [1.29, 1.82) is 0 Å². The Balaban J connectivity index is 1.87. The summed E-state index contributed by atoms with van der Waals surface area (Å²) in [4.78, 5) is 16.9. The van der Waals surface area contributed by atoms with Gasteiger partial charge in [0.1, 0.15) is 5.82 Å². The topological polar surface area (TPSA) is 73.6 Å².